The summed E-state index contributed by atoms with van der Waals surface area (Å²) in [7, 11) is 0. The maximum absolute atomic E-state index is 14.6. The fourth-order valence-corrected chi connectivity index (χ4v) is 3.80. The Bertz CT molecular complexity index is 972. The summed E-state index contributed by atoms with van der Waals surface area (Å²) in [5.74, 6) is -0.451. The van der Waals surface area contributed by atoms with Gasteiger partial charge in [0.1, 0.15) is 5.82 Å². The van der Waals surface area contributed by atoms with Gasteiger partial charge in [-0.3, -0.25) is 4.79 Å². The van der Waals surface area contributed by atoms with E-state index in [1.807, 2.05) is 24.3 Å². The van der Waals surface area contributed by atoms with Crippen LogP contribution in [0, 0.1) is 5.82 Å². The van der Waals surface area contributed by atoms with Crippen molar-refractivity contribution < 1.29 is 9.18 Å². The van der Waals surface area contributed by atoms with E-state index in [2.05, 4.69) is 0 Å². The largest absolute Gasteiger partial charge is 0.327 e. The van der Waals surface area contributed by atoms with Crippen LogP contribution < -0.4 is 0 Å². The predicted octanol–water partition coefficient (Wildman–Crippen LogP) is 5.27. The summed E-state index contributed by atoms with van der Waals surface area (Å²) in [5, 5.41) is 0.510. The fourth-order valence-electron chi connectivity index (χ4n) is 3.60. The molecular formula is C22H17ClFNO. The second-order valence-corrected chi connectivity index (χ2v) is 6.82. The molecule has 4 rings (SSSR count). The molecule has 0 spiro atoms. The van der Waals surface area contributed by atoms with Crippen molar-refractivity contribution in [2.24, 2.45) is 0 Å². The lowest BCUT2D eigenvalue weighted by Gasteiger charge is -2.38. The van der Waals surface area contributed by atoms with E-state index < -0.39 is 6.04 Å². The number of hydrogen-bond acceptors (Lipinski definition) is 1. The highest BCUT2D eigenvalue weighted by atomic mass is 35.5. The van der Waals surface area contributed by atoms with Crippen molar-refractivity contribution in [3.05, 3.63) is 106 Å². The van der Waals surface area contributed by atoms with E-state index in [0.717, 1.165) is 17.5 Å². The molecule has 0 radical (unpaired) electrons. The quantitative estimate of drug-likeness (QED) is 0.606. The Balaban J connectivity index is 1.83. The Labute approximate surface area is 156 Å². The summed E-state index contributed by atoms with van der Waals surface area (Å²) in [6, 6.07) is 21.0. The van der Waals surface area contributed by atoms with Crippen LogP contribution >= 0.6 is 11.6 Å². The van der Waals surface area contributed by atoms with Gasteiger partial charge in [-0.2, -0.15) is 0 Å². The number of hydrogen-bond donors (Lipinski definition) is 0. The van der Waals surface area contributed by atoms with Gasteiger partial charge in [0, 0.05) is 22.7 Å². The third-order valence-corrected chi connectivity index (χ3v) is 5.05. The zero-order valence-electron chi connectivity index (χ0n) is 14.0. The number of carbonyl (C=O) groups is 1. The first-order valence-corrected chi connectivity index (χ1v) is 8.92. The van der Waals surface area contributed by atoms with Gasteiger partial charge in [0.15, 0.2) is 0 Å². The van der Waals surface area contributed by atoms with Gasteiger partial charge in [-0.05, 0) is 41.8 Å². The SMILES string of the molecule is O=C(c1cccc(Cl)c1)N1CCc2ccccc2[C@@H]1c1ccccc1F. The Morgan fingerprint density at radius 2 is 1.69 bits per heavy atom. The minimum Gasteiger partial charge on any atom is -0.327 e. The number of carbonyl (C=O) groups excluding carboxylic acids is 1. The Hall–Kier alpha value is -2.65. The molecule has 26 heavy (non-hydrogen) atoms. The second-order valence-electron chi connectivity index (χ2n) is 6.38. The maximum Gasteiger partial charge on any atom is 0.254 e. The van der Waals surface area contributed by atoms with Crippen LogP contribution in [0.1, 0.15) is 33.1 Å². The number of fused-ring (bicyclic) bond motifs is 1. The van der Waals surface area contributed by atoms with Crippen LogP contribution in [0.25, 0.3) is 0 Å². The monoisotopic (exact) mass is 365 g/mol. The third kappa shape index (κ3) is 2.99. The Kier molecular flexibility index (Phi) is 4.48. The van der Waals surface area contributed by atoms with Gasteiger partial charge in [-0.25, -0.2) is 4.39 Å². The zero-order chi connectivity index (χ0) is 18.1. The Morgan fingerprint density at radius 3 is 2.46 bits per heavy atom. The number of amides is 1. The normalized spacial score (nSPS) is 16.2. The molecule has 3 aromatic rings. The molecule has 1 aliphatic heterocycles. The molecule has 1 amide bonds. The maximum atomic E-state index is 14.6. The van der Waals surface area contributed by atoms with Gasteiger partial charge < -0.3 is 4.90 Å². The predicted molar refractivity (Wildman–Crippen MR) is 101 cm³/mol. The topological polar surface area (TPSA) is 20.3 Å². The first kappa shape index (κ1) is 16.8. The van der Waals surface area contributed by atoms with Gasteiger partial charge in [-0.15, -0.1) is 0 Å². The molecule has 0 saturated carbocycles. The molecule has 3 aromatic carbocycles. The van der Waals surface area contributed by atoms with E-state index in [-0.39, 0.29) is 11.7 Å². The van der Waals surface area contributed by atoms with E-state index in [1.165, 1.54) is 6.07 Å². The fraction of sp³-hybridized carbons (Fsp3) is 0.136. The van der Waals surface area contributed by atoms with Crippen molar-refractivity contribution in [1.82, 2.24) is 4.90 Å². The molecule has 0 fully saturated rings. The van der Waals surface area contributed by atoms with Crippen LogP contribution in [0.4, 0.5) is 4.39 Å². The van der Waals surface area contributed by atoms with Crippen molar-refractivity contribution in [1.29, 1.82) is 0 Å². The highest BCUT2D eigenvalue weighted by molar-refractivity contribution is 6.30. The van der Waals surface area contributed by atoms with Crippen molar-refractivity contribution >= 4 is 17.5 Å². The summed E-state index contributed by atoms with van der Waals surface area (Å²) in [6.45, 7) is 0.529. The zero-order valence-corrected chi connectivity index (χ0v) is 14.8. The Morgan fingerprint density at radius 1 is 0.962 bits per heavy atom. The molecule has 2 nitrogen and oxygen atoms in total. The molecule has 130 valence electrons. The lowest BCUT2D eigenvalue weighted by Crippen LogP contribution is -2.41. The highest BCUT2D eigenvalue weighted by Gasteiger charge is 2.33. The molecule has 0 unspecified atom stereocenters. The van der Waals surface area contributed by atoms with Crippen molar-refractivity contribution in [3.63, 3.8) is 0 Å². The summed E-state index contributed by atoms with van der Waals surface area (Å²) in [6.07, 6.45) is 0.743. The molecule has 1 heterocycles. The molecule has 0 N–H and O–H groups in total. The van der Waals surface area contributed by atoms with Crippen molar-refractivity contribution in [2.45, 2.75) is 12.5 Å². The lowest BCUT2D eigenvalue weighted by atomic mass is 9.87. The van der Waals surface area contributed by atoms with Crippen LogP contribution in [0.2, 0.25) is 5.02 Å². The second kappa shape index (κ2) is 6.93. The summed E-state index contributed by atoms with van der Waals surface area (Å²) in [5.41, 5.74) is 3.14. The van der Waals surface area contributed by atoms with E-state index in [1.54, 1.807) is 47.4 Å². The van der Waals surface area contributed by atoms with E-state index in [0.29, 0.717) is 22.7 Å². The summed E-state index contributed by atoms with van der Waals surface area (Å²) in [4.78, 5) is 14.9. The van der Waals surface area contributed by atoms with Crippen LogP contribution in [0.3, 0.4) is 0 Å². The number of benzene rings is 3. The minimum atomic E-state index is -0.451. The molecule has 4 heteroatoms. The van der Waals surface area contributed by atoms with Crippen LogP contribution in [-0.2, 0) is 6.42 Å². The van der Waals surface area contributed by atoms with Gasteiger partial charge in [0.2, 0.25) is 0 Å². The number of halogens is 2. The van der Waals surface area contributed by atoms with Crippen LogP contribution in [-0.4, -0.2) is 17.4 Å². The van der Waals surface area contributed by atoms with Crippen LogP contribution in [0.15, 0.2) is 72.8 Å². The standard InChI is InChI=1S/C22H17ClFNO/c23-17-8-5-7-16(14-17)22(26)25-13-12-15-6-1-2-9-18(15)21(25)19-10-3-4-11-20(19)24/h1-11,14,21H,12-13H2/t21-/m1/s1. The number of nitrogens with zero attached hydrogens (tertiary/aromatic N) is 1. The molecule has 0 aromatic heterocycles. The van der Waals surface area contributed by atoms with E-state index in [9.17, 15) is 9.18 Å². The molecule has 0 saturated heterocycles. The molecule has 0 aliphatic carbocycles. The third-order valence-electron chi connectivity index (χ3n) is 4.82. The van der Waals surface area contributed by atoms with Crippen molar-refractivity contribution in [3.8, 4) is 0 Å². The number of rotatable bonds is 2. The van der Waals surface area contributed by atoms with Gasteiger partial charge >= 0.3 is 0 Å². The van der Waals surface area contributed by atoms with E-state index in [4.69, 9.17) is 11.6 Å². The lowest BCUT2D eigenvalue weighted by molar-refractivity contribution is 0.0692. The molecular weight excluding hydrogens is 349 g/mol. The average molecular weight is 366 g/mol. The minimum absolute atomic E-state index is 0.143. The first-order chi connectivity index (χ1) is 12.6. The smallest absolute Gasteiger partial charge is 0.254 e. The van der Waals surface area contributed by atoms with Gasteiger partial charge in [0.05, 0.1) is 6.04 Å². The molecule has 1 atom stereocenters. The summed E-state index contributed by atoms with van der Waals surface area (Å²) >= 11 is 6.06. The highest BCUT2D eigenvalue weighted by Crippen LogP contribution is 2.37. The van der Waals surface area contributed by atoms with Gasteiger partial charge in [-0.1, -0.05) is 60.1 Å². The van der Waals surface area contributed by atoms with Crippen LogP contribution in [0.5, 0.6) is 0 Å². The van der Waals surface area contributed by atoms with Crippen molar-refractivity contribution in [2.75, 3.05) is 6.54 Å². The average Bonchev–Trinajstić information content (AvgIpc) is 2.67. The first-order valence-electron chi connectivity index (χ1n) is 8.54. The molecule has 1 aliphatic rings. The van der Waals surface area contributed by atoms with E-state index >= 15 is 0 Å². The summed E-state index contributed by atoms with van der Waals surface area (Å²) < 4.78 is 14.6. The van der Waals surface area contributed by atoms with Gasteiger partial charge in [0.25, 0.3) is 5.91 Å². The molecule has 0 bridgehead atoms.